The van der Waals surface area contributed by atoms with Gasteiger partial charge >= 0.3 is 12.2 Å². The summed E-state index contributed by atoms with van der Waals surface area (Å²) >= 11 is 11.5. The van der Waals surface area contributed by atoms with Gasteiger partial charge in [-0.15, -0.1) is 0 Å². The molecule has 0 heterocycles. The summed E-state index contributed by atoms with van der Waals surface area (Å²) in [5.41, 5.74) is 1.23. The van der Waals surface area contributed by atoms with Gasteiger partial charge < -0.3 is 9.84 Å². The van der Waals surface area contributed by atoms with E-state index in [1.807, 2.05) is 13.8 Å². The normalized spacial score (nSPS) is 10.1. The molecule has 0 fully saturated rings. The number of nitrogens with one attached hydrogen (secondary N) is 1. The zero-order chi connectivity index (χ0) is 21.3. The average molecular weight is 427 g/mol. The molecule has 0 saturated heterocycles. The summed E-state index contributed by atoms with van der Waals surface area (Å²) in [6, 6.07) is 13.6. The number of carbonyl (C=O) groups excluding carboxylic acids is 1. The van der Waals surface area contributed by atoms with Crippen molar-refractivity contribution in [2.45, 2.75) is 39.8 Å². The van der Waals surface area contributed by atoms with Crippen LogP contribution in [0.4, 0.5) is 21.0 Å². The van der Waals surface area contributed by atoms with E-state index in [0.717, 1.165) is 0 Å². The van der Waals surface area contributed by atoms with Crippen LogP contribution >= 0.6 is 23.2 Å². The zero-order valence-corrected chi connectivity index (χ0v) is 17.7. The molecule has 2 rings (SSSR count). The van der Waals surface area contributed by atoms with Gasteiger partial charge in [0.1, 0.15) is 0 Å². The van der Waals surface area contributed by atoms with Crippen LogP contribution in [0.25, 0.3) is 0 Å². The standard InChI is InChI=1S/2C10H12ClNO2/c1-7(2)14-10(13)12-9-5-3-4-8(11)6-9;1-7(2)12(10(13)14)9-5-3-4-8(11)6-9/h3-7H,1-2H3,(H,12,13);3-7H,1-2H3,(H,13,14). The lowest BCUT2D eigenvalue weighted by molar-refractivity contribution is 0.130. The molecular weight excluding hydrogens is 403 g/mol. The van der Waals surface area contributed by atoms with Crippen molar-refractivity contribution < 1.29 is 19.4 Å². The first kappa shape index (κ1) is 23.6. The fourth-order valence-corrected chi connectivity index (χ4v) is 2.56. The Bertz CT molecular complexity index is 795. The van der Waals surface area contributed by atoms with Crippen LogP contribution in [-0.4, -0.2) is 29.4 Å². The van der Waals surface area contributed by atoms with E-state index in [1.165, 1.54) is 4.90 Å². The summed E-state index contributed by atoms with van der Waals surface area (Å²) in [7, 11) is 0. The second kappa shape index (κ2) is 11.4. The van der Waals surface area contributed by atoms with Gasteiger partial charge in [-0.25, -0.2) is 9.59 Å². The van der Waals surface area contributed by atoms with Crippen molar-refractivity contribution >= 4 is 46.8 Å². The van der Waals surface area contributed by atoms with Crippen LogP contribution in [0.1, 0.15) is 27.7 Å². The Morgan fingerprint density at radius 3 is 2.04 bits per heavy atom. The molecule has 0 radical (unpaired) electrons. The molecule has 0 bridgehead atoms. The number of carboxylic acid groups (broad SMARTS) is 1. The third-order valence-corrected chi connectivity index (χ3v) is 3.69. The number of amides is 2. The number of hydrogen-bond acceptors (Lipinski definition) is 3. The van der Waals surface area contributed by atoms with Crippen molar-refractivity contribution in [3.63, 3.8) is 0 Å². The topological polar surface area (TPSA) is 78.9 Å². The van der Waals surface area contributed by atoms with Crippen LogP contribution in [0.15, 0.2) is 48.5 Å². The fourth-order valence-electron chi connectivity index (χ4n) is 2.18. The van der Waals surface area contributed by atoms with Crippen LogP contribution in [-0.2, 0) is 4.74 Å². The molecule has 8 heteroatoms. The third kappa shape index (κ3) is 8.50. The molecule has 2 aromatic carbocycles. The predicted molar refractivity (Wildman–Crippen MR) is 114 cm³/mol. The summed E-state index contributed by atoms with van der Waals surface area (Å²) in [6.07, 6.45) is -1.57. The first-order valence-corrected chi connectivity index (χ1v) is 9.36. The van der Waals surface area contributed by atoms with E-state index in [-0.39, 0.29) is 12.1 Å². The number of ether oxygens (including phenoxy) is 1. The van der Waals surface area contributed by atoms with Crippen LogP contribution in [0.5, 0.6) is 0 Å². The number of rotatable bonds is 4. The van der Waals surface area contributed by atoms with Crippen molar-refractivity contribution in [2.24, 2.45) is 0 Å². The van der Waals surface area contributed by atoms with Gasteiger partial charge in [0, 0.05) is 27.5 Å². The van der Waals surface area contributed by atoms with Crippen LogP contribution < -0.4 is 10.2 Å². The molecule has 2 amide bonds. The van der Waals surface area contributed by atoms with Crippen LogP contribution in [0, 0.1) is 0 Å². The highest BCUT2D eigenvalue weighted by atomic mass is 35.5. The quantitative estimate of drug-likeness (QED) is 0.582. The lowest BCUT2D eigenvalue weighted by Gasteiger charge is -2.23. The van der Waals surface area contributed by atoms with Crippen LogP contribution in [0.2, 0.25) is 10.0 Å². The number of carbonyl (C=O) groups is 2. The minimum atomic E-state index is -0.970. The molecule has 2 N–H and O–H groups in total. The van der Waals surface area contributed by atoms with E-state index >= 15 is 0 Å². The average Bonchev–Trinajstić information content (AvgIpc) is 2.54. The molecule has 0 spiro atoms. The molecule has 0 atom stereocenters. The molecule has 0 aromatic heterocycles. The van der Waals surface area contributed by atoms with Crippen molar-refractivity contribution in [2.75, 3.05) is 10.2 Å². The van der Waals surface area contributed by atoms with Crippen LogP contribution in [0.3, 0.4) is 0 Å². The van der Waals surface area contributed by atoms with Gasteiger partial charge in [-0.3, -0.25) is 10.2 Å². The predicted octanol–water partition coefficient (Wildman–Crippen LogP) is 6.53. The molecule has 0 aliphatic carbocycles. The summed E-state index contributed by atoms with van der Waals surface area (Å²) in [5.74, 6) is 0. The summed E-state index contributed by atoms with van der Waals surface area (Å²) < 4.78 is 4.90. The van der Waals surface area contributed by atoms with E-state index in [4.69, 9.17) is 33.0 Å². The molecule has 28 heavy (non-hydrogen) atoms. The number of benzene rings is 2. The third-order valence-electron chi connectivity index (χ3n) is 3.22. The second-order valence-corrected chi connectivity index (χ2v) is 7.19. The van der Waals surface area contributed by atoms with Gasteiger partial charge in [0.2, 0.25) is 0 Å². The molecule has 2 aromatic rings. The van der Waals surface area contributed by atoms with E-state index in [9.17, 15) is 9.59 Å². The van der Waals surface area contributed by atoms with E-state index < -0.39 is 12.2 Å². The number of anilines is 2. The smallest absolute Gasteiger partial charge is 0.412 e. The Morgan fingerprint density at radius 2 is 1.57 bits per heavy atom. The highest BCUT2D eigenvalue weighted by molar-refractivity contribution is 6.31. The van der Waals surface area contributed by atoms with Gasteiger partial charge in [-0.05, 0) is 64.1 Å². The second-order valence-electron chi connectivity index (χ2n) is 6.32. The molecule has 152 valence electrons. The van der Waals surface area contributed by atoms with Crippen molar-refractivity contribution in [3.05, 3.63) is 58.6 Å². The molecule has 0 aliphatic rings. The first-order valence-electron chi connectivity index (χ1n) is 8.61. The van der Waals surface area contributed by atoms with Gasteiger partial charge in [-0.1, -0.05) is 35.3 Å². The first-order chi connectivity index (χ1) is 13.1. The molecule has 0 saturated carbocycles. The van der Waals surface area contributed by atoms with Crippen molar-refractivity contribution in [3.8, 4) is 0 Å². The maximum Gasteiger partial charge on any atom is 0.412 e. The highest BCUT2D eigenvalue weighted by Gasteiger charge is 2.17. The Kier molecular flexibility index (Phi) is 9.62. The largest absolute Gasteiger partial charge is 0.465 e. The summed E-state index contributed by atoms with van der Waals surface area (Å²) in [6.45, 7) is 7.21. The minimum absolute atomic E-state index is 0.106. The number of nitrogens with zero attached hydrogens (tertiary/aromatic N) is 1. The monoisotopic (exact) mass is 426 g/mol. The number of halogens is 2. The Balaban J connectivity index is 0.000000280. The van der Waals surface area contributed by atoms with Gasteiger partial charge in [0.15, 0.2) is 0 Å². The van der Waals surface area contributed by atoms with Gasteiger partial charge in [0.25, 0.3) is 0 Å². The van der Waals surface area contributed by atoms with Crippen molar-refractivity contribution in [1.82, 2.24) is 0 Å². The Hall–Kier alpha value is -2.44. The van der Waals surface area contributed by atoms with E-state index in [2.05, 4.69) is 5.32 Å². The van der Waals surface area contributed by atoms with E-state index in [0.29, 0.717) is 21.4 Å². The summed E-state index contributed by atoms with van der Waals surface area (Å²) in [5, 5.41) is 12.7. The van der Waals surface area contributed by atoms with Gasteiger partial charge in [0.05, 0.1) is 6.10 Å². The molecular formula is C20H24Cl2N2O4. The molecule has 0 aliphatic heterocycles. The maximum atomic E-state index is 11.2. The van der Waals surface area contributed by atoms with Crippen molar-refractivity contribution in [1.29, 1.82) is 0 Å². The maximum absolute atomic E-state index is 11.2. The summed E-state index contributed by atoms with van der Waals surface area (Å²) in [4.78, 5) is 23.4. The fraction of sp³-hybridized carbons (Fsp3) is 0.300. The molecule has 6 nitrogen and oxygen atoms in total. The molecule has 0 unspecified atom stereocenters. The lowest BCUT2D eigenvalue weighted by Crippen LogP contribution is -2.35. The lowest BCUT2D eigenvalue weighted by atomic mass is 10.2. The Labute approximate surface area is 175 Å². The SMILES string of the molecule is CC(C)N(C(=O)O)c1cccc(Cl)c1.CC(C)OC(=O)Nc1cccc(Cl)c1. The zero-order valence-electron chi connectivity index (χ0n) is 16.1. The Morgan fingerprint density at radius 1 is 1.00 bits per heavy atom. The number of hydrogen-bond donors (Lipinski definition) is 2. The minimum Gasteiger partial charge on any atom is -0.465 e. The van der Waals surface area contributed by atoms with Gasteiger partial charge in [-0.2, -0.15) is 0 Å². The van der Waals surface area contributed by atoms with E-state index in [1.54, 1.807) is 62.4 Å². The highest BCUT2D eigenvalue weighted by Crippen LogP contribution is 2.21.